The Balaban J connectivity index is 2.03. The van der Waals surface area contributed by atoms with Gasteiger partial charge in [-0.25, -0.2) is 4.79 Å². The normalized spacial score (nSPS) is 17.6. The van der Waals surface area contributed by atoms with Crippen LogP contribution in [0.4, 0.5) is 0 Å². The Kier molecular flexibility index (Phi) is 5.67. The molecule has 0 aliphatic carbocycles. The predicted molar refractivity (Wildman–Crippen MR) is 83.2 cm³/mol. The zero-order valence-corrected chi connectivity index (χ0v) is 13.1. The lowest BCUT2D eigenvalue weighted by Crippen LogP contribution is -2.49. The first kappa shape index (κ1) is 16.9. The third-order valence-corrected chi connectivity index (χ3v) is 3.78. The second-order valence-corrected chi connectivity index (χ2v) is 5.64. The Labute approximate surface area is 134 Å². The van der Waals surface area contributed by atoms with E-state index in [9.17, 15) is 14.4 Å². The highest BCUT2D eigenvalue weighted by atomic mass is 16.4. The minimum Gasteiger partial charge on any atom is -0.478 e. The van der Waals surface area contributed by atoms with Crippen LogP contribution in [0.5, 0.6) is 0 Å². The van der Waals surface area contributed by atoms with E-state index in [4.69, 9.17) is 5.11 Å². The molecule has 0 aromatic carbocycles. The number of aromatic nitrogens is 1. The van der Waals surface area contributed by atoms with Crippen molar-refractivity contribution in [1.29, 1.82) is 0 Å². The third kappa shape index (κ3) is 4.51. The van der Waals surface area contributed by atoms with Gasteiger partial charge in [0, 0.05) is 31.7 Å². The third-order valence-electron chi connectivity index (χ3n) is 3.78. The van der Waals surface area contributed by atoms with Crippen LogP contribution >= 0.6 is 0 Å². The van der Waals surface area contributed by atoms with Crippen molar-refractivity contribution in [3.63, 3.8) is 0 Å². The van der Waals surface area contributed by atoms with E-state index in [1.165, 1.54) is 18.3 Å². The summed E-state index contributed by atoms with van der Waals surface area (Å²) >= 11 is 0. The van der Waals surface area contributed by atoms with Crippen LogP contribution in [-0.2, 0) is 4.79 Å². The summed E-state index contributed by atoms with van der Waals surface area (Å²) < 4.78 is 0. The molecule has 1 aliphatic heterocycles. The van der Waals surface area contributed by atoms with Gasteiger partial charge >= 0.3 is 5.97 Å². The van der Waals surface area contributed by atoms with Crippen molar-refractivity contribution in [1.82, 2.24) is 15.2 Å². The largest absolute Gasteiger partial charge is 0.478 e. The topological polar surface area (TPSA) is 99.6 Å². The minimum atomic E-state index is -1.09. The second kappa shape index (κ2) is 7.71. The Hall–Kier alpha value is -2.44. The zero-order valence-electron chi connectivity index (χ0n) is 13.1. The number of carboxylic acid groups (broad SMARTS) is 1. The maximum atomic E-state index is 12.5. The number of likely N-dealkylation sites (tertiary alicyclic amines) is 1. The van der Waals surface area contributed by atoms with Crippen LogP contribution in [0.15, 0.2) is 18.3 Å². The molecular formula is C16H21N3O4. The number of rotatable bonds is 5. The number of carbonyl (C=O) groups excluding carboxylic acids is 2. The van der Waals surface area contributed by atoms with Gasteiger partial charge in [0.1, 0.15) is 5.69 Å². The number of hydrogen-bond acceptors (Lipinski definition) is 4. The van der Waals surface area contributed by atoms with Gasteiger partial charge in [0.15, 0.2) is 0 Å². The molecular weight excluding hydrogens is 298 g/mol. The Morgan fingerprint density at radius 1 is 1.43 bits per heavy atom. The molecule has 1 aliphatic rings. The number of piperidine rings is 1. The van der Waals surface area contributed by atoms with Gasteiger partial charge in [0.05, 0.1) is 5.56 Å². The molecule has 0 saturated carbocycles. The maximum Gasteiger partial charge on any atom is 0.335 e. The number of aromatic carboxylic acids is 1. The average Bonchev–Trinajstić information content (AvgIpc) is 2.54. The predicted octanol–water partition coefficient (Wildman–Crippen LogP) is 1.30. The molecule has 1 saturated heterocycles. The first-order valence-electron chi connectivity index (χ1n) is 7.79. The molecule has 2 rings (SSSR count). The van der Waals surface area contributed by atoms with Gasteiger partial charge in [-0.15, -0.1) is 0 Å². The molecule has 23 heavy (non-hydrogen) atoms. The van der Waals surface area contributed by atoms with E-state index in [-0.39, 0.29) is 29.1 Å². The molecule has 1 fully saturated rings. The summed E-state index contributed by atoms with van der Waals surface area (Å²) in [5, 5.41) is 11.9. The Morgan fingerprint density at radius 3 is 2.91 bits per heavy atom. The van der Waals surface area contributed by atoms with Crippen LogP contribution in [0.3, 0.4) is 0 Å². The fraction of sp³-hybridized carbons (Fsp3) is 0.500. The number of amides is 2. The summed E-state index contributed by atoms with van der Waals surface area (Å²) in [6.45, 7) is 2.95. The summed E-state index contributed by atoms with van der Waals surface area (Å²) in [6, 6.07) is 2.57. The summed E-state index contributed by atoms with van der Waals surface area (Å²) in [5.41, 5.74) is 0.151. The standard InChI is InChI=1S/C16H21N3O4/c1-2-4-14(20)18-12-5-3-8-19(10-12)15(21)13-9-11(16(22)23)6-7-17-13/h6-7,9,12H,2-5,8,10H2,1H3,(H,18,20)(H,22,23). The minimum absolute atomic E-state index is 0.00204. The number of pyridine rings is 1. The molecule has 7 nitrogen and oxygen atoms in total. The molecule has 2 heterocycles. The Morgan fingerprint density at radius 2 is 2.22 bits per heavy atom. The molecule has 0 spiro atoms. The van der Waals surface area contributed by atoms with Gasteiger partial charge in [0.2, 0.25) is 5.91 Å². The molecule has 124 valence electrons. The molecule has 2 amide bonds. The van der Waals surface area contributed by atoms with Crippen molar-refractivity contribution in [2.45, 2.75) is 38.6 Å². The van der Waals surface area contributed by atoms with E-state index in [0.717, 1.165) is 19.3 Å². The van der Waals surface area contributed by atoms with Crippen LogP contribution in [0.1, 0.15) is 53.5 Å². The molecule has 0 radical (unpaired) electrons. The van der Waals surface area contributed by atoms with E-state index >= 15 is 0 Å². The van der Waals surface area contributed by atoms with Crippen molar-refractivity contribution < 1.29 is 19.5 Å². The van der Waals surface area contributed by atoms with Gasteiger partial charge < -0.3 is 15.3 Å². The van der Waals surface area contributed by atoms with Gasteiger partial charge in [-0.1, -0.05) is 6.92 Å². The average molecular weight is 319 g/mol. The summed E-state index contributed by atoms with van der Waals surface area (Å²) in [6.07, 6.45) is 4.21. The highest BCUT2D eigenvalue weighted by Crippen LogP contribution is 2.14. The van der Waals surface area contributed by atoms with Crippen LogP contribution in [0, 0.1) is 0 Å². The second-order valence-electron chi connectivity index (χ2n) is 5.64. The van der Waals surface area contributed by atoms with Crippen LogP contribution < -0.4 is 5.32 Å². The highest BCUT2D eigenvalue weighted by Gasteiger charge is 2.26. The molecule has 7 heteroatoms. The lowest BCUT2D eigenvalue weighted by atomic mass is 10.0. The molecule has 1 aromatic heterocycles. The van der Waals surface area contributed by atoms with E-state index in [2.05, 4.69) is 10.3 Å². The van der Waals surface area contributed by atoms with Crippen molar-refractivity contribution in [3.05, 3.63) is 29.6 Å². The fourth-order valence-corrected chi connectivity index (χ4v) is 2.65. The lowest BCUT2D eigenvalue weighted by molar-refractivity contribution is -0.122. The first-order chi connectivity index (χ1) is 11.0. The molecule has 1 atom stereocenters. The fourth-order valence-electron chi connectivity index (χ4n) is 2.65. The lowest BCUT2D eigenvalue weighted by Gasteiger charge is -2.33. The van der Waals surface area contributed by atoms with Crippen molar-refractivity contribution in [2.75, 3.05) is 13.1 Å². The number of carboxylic acids is 1. The van der Waals surface area contributed by atoms with Gasteiger partial charge in [0.25, 0.3) is 5.91 Å². The summed E-state index contributed by atoms with van der Waals surface area (Å²) in [5.74, 6) is -1.40. The van der Waals surface area contributed by atoms with Gasteiger partial charge in [-0.3, -0.25) is 14.6 Å². The van der Waals surface area contributed by atoms with Crippen LogP contribution in [0.2, 0.25) is 0 Å². The van der Waals surface area contributed by atoms with Crippen molar-refractivity contribution in [2.24, 2.45) is 0 Å². The van der Waals surface area contributed by atoms with Gasteiger partial charge in [-0.2, -0.15) is 0 Å². The molecule has 1 aromatic rings. The first-order valence-corrected chi connectivity index (χ1v) is 7.79. The molecule has 0 bridgehead atoms. The van der Waals surface area contributed by atoms with Crippen LogP contribution in [0.25, 0.3) is 0 Å². The van der Waals surface area contributed by atoms with Crippen molar-refractivity contribution >= 4 is 17.8 Å². The number of carbonyl (C=O) groups is 3. The SMILES string of the molecule is CCCC(=O)NC1CCCN(C(=O)c2cc(C(=O)O)ccn2)C1. The summed E-state index contributed by atoms with van der Waals surface area (Å²) in [7, 11) is 0. The molecule has 2 N–H and O–H groups in total. The number of nitrogens with zero attached hydrogens (tertiary/aromatic N) is 2. The van der Waals surface area contributed by atoms with E-state index in [1.807, 2.05) is 6.92 Å². The smallest absolute Gasteiger partial charge is 0.335 e. The highest BCUT2D eigenvalue weighted by molar-refractivity contribution is 5.95. The monoisotopic (exact) mass is 319 g/mol. The number of hydrogen-bond donors (Lipinski definition) is 2. The zero-order chi connectivity index (χ0) is 16.8. The van der Waals surface area contributed by atoms with Gasteiger partial charge in [-0.05, 0) is 31.4 Å². The molecule has 1 unspecified atom stereocenters. The quantitative estimate of drug-likeness (QED) is 0.852. The van der Waals surface area contributed by atoms with Crippen molar-refractivity contribution in [3.8, 4) is 0 Å². The van der Waals surface area contributed by atoms with E-state index < -0.39 is 5.97 Å². The van der Waals surface area contributed by atoms with E-state index in [1.54, 1.807) is 4.90 Å². The summed E-state index contributed by atoms with van der Waals surface area (Å²) in [4.78, 5) is 40.8. The number of nitrogens with one attached hydrogen (secondary N) is 1. The Bertz CT molecular complexity index is 603. The van der Waals surface area contributed by atoms with E-state index in [0.29, 0.717) is 19.5 Å². The van der Waals surface area contributed by atoms with Crippen LogP contribution in [-0.4, -0.2) is 51.9 Å². The maximum absolute atomic E-state index is 12.5.